The predicted molar refractivity (Wildman–Crippen MR) is 64.8 cm³/mol. The molecule has 0 aromatic rings. The summed E-state index contributed by atoms with van der Waals surface area (Å²) in [4.78, 5) is 24.8. The van der Waals surface area contributed by atoms with Gasteiger partial charge in [-0.05, 0) is 11.3 Å². The lowest BCUT2D eigenvalue weighted by molar-refractivity contribution is -0.166. The van der Waals surface area contributed by atoms with E-state index >= 15 is 0 Å². The number of aliphatic hydroxyl groups is 1. The zero-order chi connectivity index (χ0) is 13.9. The molecule has 1 saturated carbocycles. The fraction of sp³-hybridized carbons (Fsp3) is 0.846. The van der Waals surface area contributed by atoms with Crippen LogP contribution in [0.4, 0.5) is 0 Å². The minimum Gasteiger partial charge on any atom is -0.481 e. The molecule has 102 valence electrons. The van der Waals surface area contributed by atoms with Crippen molar-refractivity contribution in [2.75, 3.05) is 13.1 Å². The van der Waals surface area contributed by atoms with Gasteiger partial charge in [0.2, 0.25) is 5.91 Å². The number of likely N-dealkylation sites (tertiary alicyclic amines) is 1. The summed E-state index contributed by atoms with van der Waals surface area (Å²) < 4.78 is 0. The molecule has 18 heavy (non-hydrogen) atoms. The molecule has 2 aliphatic rings. The molecular formula is C13H21NO4. The summed E-state index contributed by atoms with van der Waals surface area (Å²) in [6.45, 7) is 8.10. The second-order valence-electron chi connectivity index (χ2n) is 6.57. The topological polar surface area (TPSA) is 77.8 Å². The number of carboxylic acids is 1. The second-order valence-corrected chi connectivity index (χ2v) is 6.57. The Labute approximate surface area is 107 Å². The third-order valence-corrected chi connectivity index (χ3v) is 4.68. The van der Waals surface area contributed by atoms with Crippen LogP contribution in [0.15, 0.2) is 0 Å². The van der Waals surface area contributed by atoms with Gasteiger partial charge in [0.15, 0.2) is 0 Å². The number of amides is 1. The first-order chi connectivity index (χ1) is 8.11. The monoisotopic (exact) mass is 255 g/mol. The highest BCUT2D eigenvalue weighted by Crippen LogP contribution is 2.59. The Morgan fingerprint density at radius 1 is 1.22 bits per heavy atom. The van der Waals surface area contributed by atoms with Gasteiger partial charge in [0.25, 0.3) is 0 Å². The molecule has 1 heterocycles. The van der Waals surface area contributed by atoms with Crippen LogP contribution < -0.4 is 0 Å². The summed E-state index contributed by atoms with van der Waals surface area (Å²) in [7, 11) is 0. The maximum absolute atomic E-state index is 12.2. The highest BCUT2D eigenvalue weighted by molar-refractivity contribution is 5.92. The van der Waals surface area contributed by atoms with Crippen LogP contribution in [0.25, 0.3) is 0 Å². The molecule has 2 rings (SSSR count). The summed E-state index contributed by atoms with van der Waals surface area (Å²) >= 11 is 0. The van der Waals surface area contributed by atoms with E-state index < -0.39 is 28.8 Å². The Hall–Kier alpha value is -1.10. The Morgan fingerprint density at radius 3 is 2.06 bits per heavy atom. The van der Waals surface area contributed by atoms with Crippen molar-refractivity contribution in [2.24, 2.45) is 23.2 Å². The molecule has 1 saturated heterocycles. The van der Waals surface area contributed by atoms with Gasteiger partial charge in [-0.3, -0.25) is 9.59 Å². The number of hydrogen-bond donors (Lipinski definition) is 2. The lowest BCUT2D eigenvalue weighted by Gasteiger charge is -2.49. The second kappa shape index (κ2) is 3.70. The molecule has 0 aromatic carbocycles. The summed E-state index contributed by atoms with van der Waals surface area (Å²) in [5.74, 6) is -1.95. The minimum absolute atomic E-state index is 0.101. The van der Waals surface area contributed by atoms with Gasteiger partial charge in [-0.2, -0.15) is 0 Å². The summed E-state index contributed by atoms with van der Waals surface area (Å²) in [5, 5.41) is 19.2. The van der Waals surface area contributed by atoms with E-state index in [1.54, 1.807) is 4.90 Å². The number of aliphatic carboxylic acids is 1. The van der Waals surface area contributed by atoms with E-state index in [0.29, 0.717) is 13.1 Å². The lowest BCUT2D eigenvalue weighted by atomic mass is 9.82. The van der Waals surface area contributed by atoms with Crippen molar-refractivity contribution in [3.63, 3.8) is 0 Å². The first-order valence-corrected chi connectivity index (χ1v) is 6.35. The molecule has 1 amide bonds. The normalized spacial score (nSPS) is 32.0. The van der Waals surface area contributed by atoms with E-state index in [2.05, 4.69) is 0 Å². The zero-order valence-electron chi connectivity index (χ0n) is 11.3. The molecule has 0 radical (unpaired) electrons. The quantitative estimate of drug-likeness (QED) is 0.773. The first kappa shape index (κ1) is 13.3. The van der Waals surface area contributed by atoms with Gasteiger partial charge in [0.05, 0.1) is 24.9 Å². The van der Waals surface area contributed by atoms with E-state index in [1.165, 1.54) is 0 Å². The van der Waals surface area contributed by atoms with Crippen molar-refractivity contribution in [1.29, 1.82) is 0 Å². The number of carbonyl (C=O) groups is 2. The molecule has 0 bridgehead atoms. The van der Waals surface area contributed by atoms with Gasteiger partial charge in [-0.15, -0.1) is 0 Å². The number of carboxylic acid groups (broad SMARTS) is 1. The Kier molecular flexibility index (Phi) is 2.74. The molecule has 1 aliphatic heterocycles. The van der Waals surface area contributed by atoms with Crippen molar-refractivity contribution in [3.8, 4) is 0 Å². The van der Waals surface area contributed by atoms with Crippen molar-refractivity contribution in [1.82, 2.24) is 4.90 Å². The molecule has 2 unspecified atom stereocenters. The van der Waals surface area contributed by atoms with Gasteiger partial charge >= 0.3 is 5.97 Å². The molecule has 5 heteroatoms. The van der Waals surface area contributed by atoms with Gasteiger partial charge in [0.1, 0.15) is 5.60 Å². The van der Waals surface area contributed by atoms with Gasteiger partial charge in [0, 0.05) is 0 Å². The smallest absolute Gasteiger partial charge is 0.307 e. The molecule has 2 atom stereocenters. The van der Waals surface area contributed by atoms with E-state index in [0.717, 1.165) is 0 Å². The summed E-state index contributed by atoms with van der Waals surface area (Å²) in [6, 6.07) is 0. The number of β-amino-alcohol motifs (C(OH)–C–C–N with tert-alkyl or cyclic N) is 1. The van der Waals surface area contributed by atoms with E-state index in [1.807, 2.05) is 27.7 Å². The average molecular weight is 255 g/mol. The molecule has 2 fully saturated rings. The van der Waals surface area contributed by atoms with Gasteiger partial charge < -0.3 is 15.1 Å². The van der Waals surface area contributed by atoms with Crippen LogP contribution >= 0.6 is 0 Å². The summed E-state index contributed by atoms with van der Waals surface area (Å²) in [5.41, 5.74) is -1.26. The maximum Gasteiger partial charge on any atom is 0.307 e. The van der Waals surface area contributed by atoms with Crippen molar-refractivity contribution in [2.45, 2.75) is 33.3 Å². The molecule has 2 N–H and O–H groups in total. The lowest BCUT2D eigenvalue weighted by Crippen LogP contribution is -2.66. The third kappa shape index (κ3) is 1.72. The Bertz CT molecular complexity index is 396. The highest BCUT2D eigenvalue weighted by Gasteiger charge is 2.67. The van der Waals surface area contributed by atoms with Crippen LogP contribution in [0.1, 0.15) is 27.7 Å². The van der Waals surface area contributed by atoms with Gasteiger partial charge in [-0.25, -0.2) is 0 Å². The SMILES string of the molecule is CC(C)C1(O)CN(C(=O)C2C(C(=O)O)C2(C)C)C1. The first-order valence-electron chi connectivity index (χ1n) is 6.35. The van der Waals surface area contributed by atoms with E-state index in [9.17, 15) is 14.7 Å². The molecule has 5 nitrogen and oxygen atoms in total. The molecule has 0 spiro atoms. The molecule has 1 aliphatic carbocycles. The Morgan fingerprint density at radius 2 is 1.72 bits per heavy atom. The average Bonchev–Trinajstić information content (AvgIpc) is 2.75. The van der Waals surface area contributed by atoms with Crippen molar-refractivity contribution < 1.29 is 19.8 Å². The number of hydrogen-bond acceptors (Lipinski definition) is 3. The number of rotatable bonds is 3. The van der Waals surface area contributed by atoms with Crippen molar-refractivity contribution >= 4 is 11.9 Å². The van der Waals surface area contributed by atoms with Crippen LogP contribution in [0.2, 0.25) is 0 Å². The van der Waals surface area contributed by atoms with Crippen LogP contribution in [-0.2, 0) is 9.59 Å². The molecule has 0 aromatic heterocycles. The van der Waals surface area contributed by atoms with E-state index in [4.69, 9.17) is 5.11 Å². The summed E-state index contributed by atoms with van der Waals surface area (Å²) in [6.07, 6.45) is 0. The van der Waals surface area contributed by atoms with E-state index in [-0.39, 0.29) is 11.8 Å². The predicted octanol–water partition coefficient (Wildman–Crippen LogP) is 0.572. The Balaban J connectivity index is 1.99. The third-order valence-electron chi connectivity index (χ3n) is 4.68. The number of carbonyl (C=O) groups excluding carboxylic acids is 1. The number of nitrogens with zero attached hydrogens (tertiary/aromatic N) is 1. The highest BCUT2D eigenvalue weighted by atomic mass is 16.4. The molecular weight excluding hydrogens is 234 g/mol. The van der Waals surface area contributed by atoms with Crippen molar-refractivity contribution in [3.05, 3.63) is 0 Å². The largest absolute Gasteiger partial charge is 0.481 e. The standard InChI is InChI=1S/C13H21NO4/c1-7(2)13(18)5-14(6-13)10(15)8-9(11(16)17)12(8,3)4/h7-9,18H,5-6H2,1-4H3,(H,16,17). The van der Waals surface area contributed by atoms with Gasteiger partial charge in [-0.1, -0.05) is 27.7 Å². The van der Waals surface area contributed by atoms with Crippen LogP contribution in [0, 0.1) is 23.2 Å². The van der Waals surface area contributed by atoms with Crippen LogP contribution in [0.3, 0.4) is 0 Å². The fourth-order valence-corrected chi connectivity index (χ4v) is 2.89. The van der Waals surface area contributed by atoms with Crippen LogP contribution in [0.5, 0.6) is 0 Å². The van der Waals surface area contributed by atoms with Crippen LogP contribution in [-0.4, -0.2) is 45.7 Å². The minimum atomic E-state index is -0.905. The fourth-order valence-electron chi connectivity index (χ4n) is 2.89. The maximum atomic E-state index is 12.2. The zero-order valence-corrected chi connectivity index (χ0v) is 11.3.